The molecule has 3 N–H and O–H groups in total. The van der Waals surface area contributed by atoms with Gasteiger partial charge in [-0.25, -0.2) is 0 Å². The van der Waals surface area contributed by atoms with Crippen molar-refractivity contribution in [3.63, 3.8) is 0 Å². The average molecular weight is 540 g/mol. The molecule has 0 spiro atoms. The summed E-state index contributed by atoms with van der Waals surface area (Å²) < 4.78 is 4.96. The van der Waals surface area contributed by atoms with E-state index in [-0.39, 0.29) is 36.0 Å². The Morgan fingerprint density at radius 1 is 1.10 bits per heavy atom. The molecule has 2 heterocycles. The number of aliphatic hydroxyl groups is 1. The first-order valence-electron chi connectivity index (χ1n) is 11.0. The zero-order valence-corrected chi connectivity index (χ0v) is 21.0. The molecular weight excluding hydrogens is 499 g/mol. The van der Waals surface area contributed by atoms with Gasteiger partial charge in [-0.05, 0) is 32.7 Å². The predicted octanol–water partition coefficient (Wildman–Crippen LogP) is -0.203. The number of likely N-dealkylation sites (tertiary alicyclic amines) is 1. The normalized spacial score (nSPS) is 19.4. The quantitative estimate of drug-likeness (QED) is 0.153. The molecule has 0 aromatic carbocycles. The van der Waals surface area contributed by atoms with Crippen LogP contribution in [0.1, 0.15) is 26.2 Å². The number of nitrogens with one attached hydrogen (secondary N) is 2. The van der Waals surface area contributed by atoms with Crippen molar-refractivity contribution in [2.75, 3.05) is 85.7 Å². The summed E-state index contributed by atoms with van der Waals surface area (Å²) in [5.74, 6) is 1.03. The van der Waals surface area contributed by atoms with Crippen LogP contribution in [0.15, 0.2) is 4.99 Å². The lowest BCUT2D eigenvalue weighted by molar-refractivity contribution is -0.122. The minimum Gasteiger partial charge on any atom is -0.393 e. The van der Waals surface area contributed by atoms with Gasteiger partial charge in [-0.3, -0.25) is 14.7 Å². The molecule has 0 saturated carbocycles. The van der Waals surface area contributed by atoms with Crippen LogP contribution in [0.3, 0.4) is 0 Å². The van der Waals surface area contributed by atoms with Gasteiger partial charge >= 0.3 is 0 Å². The fourth-order valence-electron chi connectivity index (χ4n) is 3.72. The van der Waals surface area contributed by atoms with Crippen LogP contribution in [0, 0.1) is 0 Å². The van der Waals surface area contributed by atoms with Crippen LogP contribution in [-0.2, 0) is 9.53 Å². The van der Waals surface area contributed by atoms with E-state index < -0.39 is 0 Å². The summed E-state index contributed by atoms with van der Waals surface area (Å²) in [5.41, 5.74) is 0. The molecule has 0 radical (unpaired) electrons. The van der Waals surface area contributed by atoms with Crippen LogP contribution >= 0.6 is 24.0 Å². The smallest absolute Gasteiger partial charge is 0.234 e. The topological polar surface area (TPSA) is 92.7 Å². The van der Waals surface area contributed by atoms with Crippen molar-refractivity contribution in [3.8, 4) is 0 Å². The fraction of sp³-hybridized carbons (Fsp3) is 0.900. The molecule has 2 saturated heterocycles. The minimum absolute atomic E-state index is 0. The number of hydrogen-bond acceptors (Lipinski definition) is 6. The molecule has 0 aromatic rings. The summed E-state index contributed by atoms with van der Waals surface area (Å²) in [6.45, 7) is 11.8. The van der Waals surface area contributed by atoms with Crippen molar-refractivity contribution in [2.24, 2.45) is 4.99 Å². The first kappa shape index (κ1) is 27.3. The standard InChI is InChI=1S/C20H40N6O3.HI/c1-3-21-20(23-7-4-9-24-10-5-18(27)6-11-24)26-14-12-25(13-15-26)17-19(28)22-8-16-29-2;/h18,27H,3-17H2,1-2H3,(H,21,23)(H,22,28);1H. The molecule has 30 heavy (non-hydrogen) atoms. The second-order valence-electron chi connectivity index (χ2n) is 7.77. The van der Waals surface area contributed by atoms with Crippen molar-refractivity contribution in [1.82, 2.24) is 25.3 Å². The Labute approximate surface area is 198 Å². The van der Waals surface area contributed by atoms with E-state index in [0.717, 1.165) is 84.1 Å². The monoisotopic (exact) mass is 540 g/mol. The van der Waals surface area contributed by atoms with Crippen LogP contribution in [0.5, 0.6) is 0 Å². The molecule has 2 aliphatic rings. The first-order valence-corrected chi connectivity index (χ1v) is 11.0. The lowest BCUT2D eigenvalue weighted by Gasteiger charge is -2.36. The third-order valence-corrected chi connectivity index (χ3v) is 5.45. The van der Waals surface area contributed by atoms with E-state index in [1.807, 2.05) is 0 Å². The van der Waals surface area contributed by atoms with Crippen molar-refractivity contribution < 1.29 is 14.6 Å². The Balaban J connectivity index is 0.00000450. The summed E-state index contributed by atoms with van der Waals surface area (Å²) >= 11 is 0. The maximum Gasteiger partial charge on any atom is 0.234 e. The van der Waals surface area contributed by atoms with E-state index >= 15 is 0 Å². The largest absolute Gasteiger partial charge is 0.393 e. The fourth-order valence-corrected chi connectivity index (χ4v) is 3.72. The molecule has 9 nitrogen and oxygen atoms in total. The van der Waals surface area contributed by atoms with Crippen molar-refractivity contribution in [3.05, 3.63) is 0 Å². The molecule has 0 aliphatic carbocycles. The summed E-state index contributed by atoms with van der Waals surface area (Å²) in [7, 11) is 1.63. The van der Waals surface area contributed by atoms with Gasteiger partial charge in [0.15, 0.2) is 5.96 Å². The number of aliphatic hydroxyl groups excluding tert-OH is 1. The number of halogens is 1. The van der Waals surface area contributed by atoms with Crippen molar-refractivity contribution >= 4 is 35.8 Å². The summed E-state index contributed by atoms with van der Waals surface area (Å²) in [6, 6.07) is 0. The number of rotatable bonds is 10. The predicted molar refractivity (Wildman–Crippen MR) is 131 cm³/mol. The van der Waals surface area contributed by atoms with Crippen LogP contribution in [0.2, 0.25) is 0 Å². The molecule has 2 rings (SSSR count). The number of piperazine rings is 1. The van der Waals surface area contributed by atoms with Gasteiger partial charge in [-0.2, -0.15) is 0 Å². The Morgan fingerprint density at radius 3 is 2.43 bits per heavy atom. The molecular formula is C20H41IN6O3. The number of carbonyl (C=O) groups excluding carboxylic acids is 1. The van der Waals surface area contributed by atoms with E-state index in [0.29, 0.717) is 19.7 Å². The molecule has 0 bridgehead atoms. The number of aliphatic imine (C=N–C) groups is 1. The highest BCUT2D eigenvalue weighted by molar-refractivity contribution is 14.0. The van der Waals surface area contributed by atoms with E-state index in [1.165, 1.54) is 0 Å². The van der Waals surface area contributed by atoms with Crippen molar-refractivity contribution in [2.45, 2.75) is 32.3 Å². The van der Waals surface area contributed by atoms with Gasteiger partial charge in [0.25, 0.3) is 0 Å². The van der Waals surface area contributed by atoms with E-state index in [4.69, 9.17) is 9.73 Å². The molecule has 2 fully saturated rings. The molecule has 176 valence electrons. The zero-order chi connectivity index (χ0) is 20.9. The lowest BCUT2D eigenvalue weighted by Crippen LogP contribution is -2.54. The molecule has 1 amide bonds. The third-order valence-electron chi connectivity index (χ3n) is 5.45. The second-order valence-corrected chi connectivity index (χ2v) is 7.77. The second kappa shape index (κ2) is 16.0. The summed E-state index contributed by atoms with van der Waals surface area (Å²) in [6.07, 6.45) is 2.70. The Hall–Kier alpha value is -0.690. The molecule has 0 unspecified atom stereocenters. The number of piperidine rings is 1. The van der Waals surface area contributed by atoms with Crippen LogP contribution in [-0.4, -0.2) is 123 Å². The molecule has 2 aliphatic heterocycles. The highest BCUT2D eigenvalue weighted by atomic mass is 127. The number of carbonyl (C=O) groups is 1. The van der Waals surface area contributed by atoms with Gasteiger partial charge in [0.05, 0.1) is 19.3 Å². The van der Waals surface area contributed by atoms with Gasteiger partial charge in [0.1, 0.15) is 0 Å². The summed E-state index contributed by atoms with van der Waals surface area (Å²) in [5, 5.41) is 15.9. The van der Waals surface area contributed by atoms with Gasteiger partial charge in [-0.15, -0.1) is 24.0 Å². The lowest BCUT2D eigenvalue weighted by atomic mass is 10.1. The van der Waals surface area contributed by atoms with E-state index in [1.54, 1.807) is 7.11 Å². The first-order chi connectivity index (χ1) is 14.1. The van der Waals surface area contributed by atoms with Crippen LogP contribution < -0.4 is 10.6 Å². The van der Waals surface area contributed by atoms with Gasteiger partial charge in [0.2, 0.25) is 5.91 Å². The van der Waals surface area contributed by atoms with Crippen LogP contribution in [0.25, 0.3) is 0 Å². The Morgan fingerprint density at radius 2 is 1.80 bits per heavy atom. The van der Waals surface area contributed by atoms with Gasteiger partial charge in [0, 0.05) is 66.0 Å². The maximum absolute atomic E-state index is 12.0. The number of methoxy groups -OCH3 is 1. The Bertz CT molecular complexity index is 495. The molecule has 0 aromatic heterocycles. The maximum atomic E-state index is 12.0. The third kappa shape index (κ3) is 10.6. The number of amides is 1. The molecule has 10 heteroatoms. The molecule has 0 atom stereocenters. The number of guanidine groups is 1. The zero-order valence-electron chi connectivity index (χ0n) is 18.6. The number of nitrogens with zero attached hydrogens (tertiary/aromatic N) is 4. The van der Waals surface area contributed by atoms with Gasteiger partial charge in [-0.1, -0.05) is 0 Å². The number of hydrogen-bond donors (Lipinski definition) is 3. The Kier molecular flexibility index (Phi) is 14.6. The van der Waals surface area contributed by atoms with E-state index in [2.05, 4.69) is 32.3 Å². The van der Waals surface area contributed by atoms with E-state index in [9.17, 15) is 9.90 Å². The summed E-state index contributed by atoms with van der Waals surface area (Å²) in [4.78, 5) is 23.7. The average Bonchev–Trinajstić information content (AvgIpc) is 2.72. The van der Waals surface area contributed by atoms with Gasteiger partial charge < -0.3 is 30.3 Å². The van der Waals surface area contributed by atoms with Crippen LogP contribution in [0.4, 0.5) is 0 Å². The highest BCUT2D eigenvalue weighted by Crippen LogP contribution is 2.10. The number of ether oxygens (including phenoxy) is 1. The minimum atomic E-state index is -0.111. The highest BCUT2D eigenvalue weighted by Gasteiger charge is 2.21. The SMILES string of the molecule is CCNC(=NCCCN1CCC(O)CC1)N1CCN(CC(=O)NCCOC)CC1.I. The van der Waals surface area contributed by atoms with Crippen molar-refractivity contribution in [1.29, 1.82) is 0 Å².